The fourth-order valence-corrected chi connectivity index (χ4v) is 2.90. The molecule has 106 valence electrons. The standard InChI is InChI=1S/C14H24N4O/c1-9(13-10(2)17-18(4)11(13)3)16-12-7-5-6-8-15-14(12)19/h9,12,16H,5-8H2,1-4H3,(H,15,19). The van der Waals surface area contributed by atoms with Crippen molar-refractivity contribution in [2.75, 3.05) is 6.54 Å². The summed E-state index contributed by atoms with van der Waals surface area (Å²) in [7, 11) is 1.96. The van der Waals surface area contributed by atoms with Gasteiger partial charge in [0.05, 0.1) is 11.7 Å². The van der Waals surface area contributed by atoms with Gasteiger partial charge in [-0.2, -0.15) is 5.10 Å². The summed E-state index contributed by atoms with van der Waals surface area (Å²) in [4.78, 5) is 12.0. The molecule has 2 atom stereocenters. The summed E-state index contributed by atoms with van der Waals surface area (Å²) in [6, 6.07) is 0.0547. The van der Waals surface area contributed by atoms with E-state index < -0.39 is 0 Å². The lowest BCUT2D eigenvalue weighted by Crippen LogP contribution is -2.43. The summed E-state index contributed by atoms with van der Waals surface area (Å²) in [5.41, 5.74) is 3.40. The molecule has 1 saturated heterocycles. The SMILES string of the molecule is Cc1nn(C)c(C)c1C(C)NC1CCCCNC1=O. The maximum atomic E-state index is 12.0. The first kappa shape index (κ1) is 14.1. The Bertz CT molecular complexity index is 466. The van der Waals surface area contributed by atoms with Crippen molar-refractivity contribution in [3.63, 3.8) is 0 Å². The van der Waals surface area contributed by atoms with Crippen molar-refractivity contribution in [2.24, 2.45) is 7.05 Å². The third-order valence-electron chi connectivity index (χ3n) is 3.98. The van der Waals surface area contributed by atoms with Crippen LogP contribution in [0.3, 0.4) is 0 Å². The Morgan fingerprint density at radius 1 is 1.42 bits per heavy atom. The average molecular weight is 264 g/mol. The van der Waals surface area contributed by atoms with Crippen LogP contribution in [0, 0.1) is 13.8 Å². The Balaban J connectivity index is 2.11. The molecule has 1 aliphatic heterocycles. The Hall–Kier alpha value is -1.36. The van der Waals surface area contributed by atoms with E-state index in [4.69, 9.17) is 0 Å². The predicted molar refractivity (Wildman–Crippen MR) is 74.9 cm³/mol. The smallest absolute Gasteiger partial charge is 0.237 e. The van der Waals surface area contributed by atoms with Crippen LogP contribution in [0.25, 0.3) is 0 Å². The third kappa shape index (κ3) is 2.97. The van der Waals surface area contributed by atoms with Crippen molar-refractivity contribution < 1.29 is 4.79 Å². The summed E-state index contributed by atoms with van der Waals surface area (Å²) in [5, 5.41) is 10.9. The first-order chi connectivity index (χ1) is 9.00. The molecule has 0 saturated carbocycles. The molecule has 1 aliphatic rings. The molecule has 1 aromatic heterocycles. The lowest BCUT2D eigenvalue weighted by molar-refractivity contribution is -0.123. The fourth-order valence-electron chi connectivity index (χ4n) is 2.90. The van der Waals surface area contributed by atoms with Gasteiger partial charge in [-0.25, -0.2) is 0 Å². The second-order valence-electron chi connectivity index (χ2n) is 5.44. The van der Waals surface area contributed by atoms with Crippen LogP contribution in [0.2, 0.25) is 0 Å². The zero-order valence-electron chi connectivity index (χ0n) is 12.3. The molecule has 2 heterocycles. The molecular weight excluding hydrogens is 240 g/mol. The number of hydrogen-bond donors (Lipinski definition) is 2. The molecule has 0 aromatic carbocycles. The lowest BCUT2D eigenvalue weighted by atomic mass is 10.0. The summed E-state index contributed by atoms with van der Waals surface area (Å²) in [5.74, 6) is 0.128. The summed E-state index contributed by atoms with van der Waals surface area (Å²) >= 11 is 0. The van der Waals surface area contributed by atoms with Gasteiger partial charge < -0.3 is 5.32 Å². The van der Waals surface area contributed by atoms with Crippen LogP contribution >= 0.6 is 0 Å². The van der Waals surface area contributed by atoms with Crippen molar-refractivity contribution in [1.29, 1.82) is 0 Å². The first-order valence-corrected chi connectivity index (χ1v) is 7.04. The normalized spacial score (nSPS) is 21.9. The Morgan fingerprint density at radius 2 is 2.16 bits per heavy atom. The molecule has 1 aromatic rings. The van der Waals surface area contributed by atoms with E-state index in [-0.39, 0.29) is 18.0 Å². The van der Waals surface area contributed by atoms with Crippen molar-refractivity contribution in [1.82, 2.24) is 20.4 Å². The zero-order chi connectivity index (χ0) is 14.0. The number of aryl methyl sites for hydroxylation is 2. The third-order valence-corrected chi connectivity index (χ3v) is 3.98. The van der Waals surface area contributed by atoms with Crippen LogP contribution < -0.4 is 10.6 Å². The number of carbonyl (C=O) groups is 1. The van der Waals surface area contributed by atoms with E-state index in [2.05, 4.69) is 29.6 Å². The van der Waals surface area contributed by atoms with Gasteiger partial charge in [0, 0.05) is 30.9 Å². The molecular formula is C14H24N4O. The molecule has 0 bridgehead atoms. The zero-order valence-corrected chi connectivity index (χ0v) is 12.3. The second-order valence-corrected chi connectivity index (χ2v) is 5.44. The number of hydrogen-bond acceptors (Lipinski definition) is 3. The number of aromatic nitrogens is 2. The average Bonchev–Trinajstić information content (AvgIpc) is 2.51. The molecule has 5 nitrogen and oxygen atoms in total. The van der Waals surface area contributed by atoms with E-state index in [1.54, 1.807) is 0 Å². The van der Waals surface area contributed by atoms with Gasteiger partial charge >= 0.3 is 0 Å². The Kier molecular flexibility index (Phi) is 4.24. The Labute approximate surface area is 114 Å². The van der Waals surface area contributed by atoms with E-state index >= 15 is 0 Å². The highest BCUT2D eigenvalue weighted by Gasteiger charge is 2.24. The van der Waals surface area contributed by atoms with Gasteiger partial charge in [-0.15, -0.1) is 0 Å². The highest BCUT2D eigenvalue weighted by atomic mass is 16.2. The molecule has 0 aliphatic carbocycles. The molecule has 1 amide bonds. The largest absolute Gasteiger partial charge is 0.355 e. The summed E-state index contributed by atoms with van der Waals surface area (Å²) in [6.45, 7) is 7.00. The van der Waals surface area contributed by atoms with Gasteiger partial charge in [0.2, 0.25) is 5.91 Å². The maximum Gasteiger partial charge on any atom is 0.237 e. The number of nitrogens with one attached hydrogen (secondary N) is 2. The van der Waals surface area contributed by atoms with E-state index in [1.807, 2.05) is 18.7 Å². The van der Waals surface area contributed by atoms with E-state index in [0.29, 0.717) is 0 Å². The van der Waals surface area contributed by atoms with Crippen molar-refractivity contribution in [3.05, 3.63) is 17.0 Å². The monoisotopic (exact) mass is 264 g/mol. The number of nitrogens with zero attached hydrogens (tertiary/aromatic N) is 2. The molecule has 2 rings (SSSR count). The van der Waals surface area contributed by atoms with Crippen LogP contribution in [-0.2, 0) is 11.8 Å². The second kappa shape index (κ2) is 5.74. The fraction of sp³-hybridized carbons (Fsp3) is 0.714. The Morgan fingerprint density at radius 3 is 2.79 bits per heavy atom. The number of carbonyl (C=O) groups excluding carboxylic acids is 1. The van der Waals surface area contributed by atoms with E-state index in [0.717, 1.165) is 37.2 Å². The molecule has 0 spiro atoms. The van der Waals surface area contributed by atoms with Crippen molar-refractivity contribution >= 4 is 5.91 Å². The van der Waals surface area contributed by atoms with Crippen molar-refractivity contribution in [3.8, 4) is 0 Å². The molecule has 5 heteroatoms. The van der Waals surface area contributed by atoms with Gasteiger partial charge in [0.15, 0.2) is 0 Å². The highest BCUT2D eigenvalue weighted by Crippen LogP contribution is 2.22. The predicted octanol–water partition coefficient (Wildman–Crippen LogP) is 1.36. The molecule has 2 unspecified atom stereocenters. The molecule has 1 fully saturated rings. The van der Waals surface area contributed by atoms with Gasteiger partial charge in [-0.05, 0) is 40.0 Å². The molecule has 19 heavy (non-hydrogen) atoms. The quantitative estimate of drug-likeness (QED) is 0.866. The van der Waals surface area contributed by atoms with Crippen LogP contribution in [0.15, 0.2) is 0 Å². The van der Waals surface area contributed by atoms with Crippen LogP contribution in [0.5, 0.6) is 0 Å². The topological polar surface area (TPSA) is 59.0 Å². The lowest BCUT2D eigenvalue weighted by Gasteiger charge is -2.21. The summed E-state index contributed by atoms with van der Waals surface area (Å²) in [6.07, 6.45) is 3.08. The minimum absolute atomic E-state index is 0.0866. The van der Waals surface area contributed by atoms with Gasteiger partial charge in [0.1, 0.15) is 0 Å². The number of amides is 1. The highest BCUT2D eigenvalue weighted by molar-refractivity contribution is 5.81. The maximum absolute atomic E-state index is 12.0. The first-order valence-electron chi connectivity index (χ1n) is 7.04. The minimum Gasteiger partial charge on any atom is -0.355 e. The molecule has 0 radical (unpaired) electrons. The van der Waals surface area contributed by atoms with Gasteiger partial charge in [-0.1, -0.05) is 0 Å². The van der Waals surface area contributed by atoms with E-state index in [1.165, 1.54) is 5.56 Å². The number of rotatable bonds is 3. The van der Waals surface area contributed by atoms with Gasteiger partial charge in [-0.3, -0.25) is 14.8 Å². The van der Waals surface area contributed by atoms with Crippen LogP contribution in [0.1, 0.15) is 49.2 Å². The van der Waals surface area contributed by atoms with E-state index in [9.17, 15) is 4.79 Å². The molecule has 2 N–H and O–H groups in total. The summed E-state index contributed by atoms with van der Waals surface area (Å²) < 4.78 is 1.90. The van der Waals surface area contributed by atoms with Gasteiger partial charge in [0.25, 0.3) is 0 Å². The van der Waals surface area contributed by atoms with Crippen LogP contribution in [-0.4, -0.2) is 28.3 Å². The minimum atomic E-state index is -0.0866. The van der Waals surface area contributed by atoms with Crippen LogP contribution in [0.4, 0.5) is 0 Å². The van der Waals surface area contributed by atoms with Crippen molar-refractivity contribution in [2.45, 2.75) is 52.1 Å².